The second kappa shape index (κ2) is 5.77. The molecule has 0 aromatic carbocycles. The molecule has 1 aromatic heterocycles. The van der Waals surface area contributed by atoms with Crippen molar-refractivity contribution >= 4 is 5.91 Å². The van der Waals surface area contributed by atoms with Gasteiger partial charge in [-0.3, -0.25) is 9.78 Å². The SMILES string of the molecule is CCNC1CCN(CCc2ccncc2)C1=O. The van der Waals surface area contributed by atoms with Crippen LogP contribution in [0.5, 0.6) is 0 Å². The van der Waals surface area contributed by atoms with Gasteiger partial charge in [-0.25, -0.2) is 0 Å². The summed E-state index contributed by atoms with van der Waals surface area (Å²) in [6, 6.07) is 4.04. The maximum absolute atomic E-state index is 12.0. The first-order valence-corrected chi connectivity index (χ1v) is 6.22. The Hall–Kier alpha value is -1.42. The zero-order valence-electron chi connectivity index (χ0n) is 10.2. The molecule has 0 saturated carbocycles. The van der Waals surface area contributed by atoms with E-state index in [-0.39, 0.29) is 11.9 Å². The maximum Gasteiger partial charge on any atom is 0.239 e. The molecule has 1 unspecified atom stereocenters. The summed E-state index contributed by atoms with van der Waals surface area (Å²) >= 11 is 0. The lowest BCUT2D eigenvalue weighted by molar-refractivity contribution is -0.129. The van der Waals surface area contributed by atoms with E-state index < -0.39 is 0 Å². The molecule has 1 amide bonds. The van der Waals surface area contributed by atoms with Crippen molar-refractivity contribution in [2.75, 3.05) is 19.6 Å². The smallest absolute Gasteiger partial charge is 0.239 e. The van der Waals surface area contributed by atoms with Gasteiger partial charge in [0.15, 0.2) is 0 Å². The Labute approximate surface area is 102 Å². The number of hydrogen-bond acceptors (Lipinski definition) is 3. The second-order valence-electron chi connectivity index (χ2n) is 4.33. The van der Waals surface area contributed by atoms with Gasteiger partial charge >= 0.3 is 0 Å². The summed E-state index contributed by atoms with van der Waals surface area (Å²) in [4.78, 5) is 17.9. The molecule has 1 aromatic rings. The summed E-state index contributed by atoms with van der Waals surface area (Å²) in [5.74, 6) is 0.251. The van der Waals surface area contributed by atoms with Crippen molar-refractivity contribution in [3.63, 3.8) is 0 Å². The van der Waals surface area contributed by atoms with Crippen molar-refractivity contribution in [2.24, 2.45) is 0 Å². The van der Waals surface area contributed by atoms with Gasteiger partial charge in [0.1, 0.15) is 0 Å². The van der Waals surface area contributed by atoms with Crippen LogP contribution in [0.2, 0.25) is 0 Å². The molecule has 92 valence electrons. The molecule has 4 heteroatoms. The molecule has 2 heterocycles. The number of likely N-dealkylation sites (N-methyl/N-ethyl adjacent to an activating group) is 1. The van der Waals surface area contributed by atoms with E-state index in [1.54, 1.807) is 12.4 Å². The zero-order valence-corrected chi connectivity index (χ0v) is 10.2. The first-order chi connectivity index (χ1) is 8.31. The van der Waals surface area contributed by atoms with Crippen molar-refractivity contribution in [1.29, 1.82) is 0 Å². The van der Waals surface area contributed by atoms with Gasteiger partial charge in [-0.2, -0.15) is 0 Å². The van der Waals surface area contributed by atoms with Gasteiger partial charge in [-0.05, 0) is 37.1 Å². The van der Waals surface area contributed by atoms with E-state index in [0.29, 0.717) is 0 Å². The summed E-state index contributed by atoms with van der Waals surface area (Å²) in [5.41, 5.74) is 1.24. The molecule has 1 N–H and O–H groups in total. The number of carbonyl (C=O) groups excluding carboxylic acids is 1. The number of carbonyl (C=O) groups is 1. The standard InChI is InChI=1S/C13H19N3O/c1-2-15-12-6-10-16(13(12)17)9-5-11-3-7-14-8-4-11/h3-4,7-8,12,15H,2,5-6,9-10H2,1H3. The topological polar surface area (TPSA) is 45.2 Å². The maximum atomic E-state index is 12.0. The van der Waals surface area contributed by atoms with E-state index in [9.17, 15) is 4.79 Å². The third-order valence-electron chi connectivity index (χ3n) is 3.17. The highest BCUT2D eigenvalue weighted by atomic mass is 16.2. The first kappa shape index (κ1) is 12.0. The predicted molar refractivity (Wildman–Crippen MR) is 66.6 cm³/mol. The molecule has 1 fully saturated rings. The summed E-state index contributed by atoms with van der Waals surface area (Å²) < 4.78 is 0. The average Bonchev–Trinajstić information content (AvgIpc) is 2.70. The van der Waals surface area contributed by atoms with Gasteiger partial charge in [0.05, 0.1) is 6.04 Å². The van der Waals surface area contributed by atoms with Gasteiger partial charge in [0, 0.05) is 25.5 Å². The third kappa shape index (κ3) is 3.03. The number of likely N-dealkylation sites (tertiary alicyclic amines) is 1. The Balaban J connectivity index is 1.83. The molecule has 0 aliphatic carbocycles. The molecule has 0 bridgehead atoms. The van der Waals surface area contributed by atoms with Crippen molar-refractivity contribution in [3.8, 4) is 0 Å². The summed E-state index contributed by atoms with van der Waals surface area (Å²) in [6.07, 6.45) is 5.43. The van der Waals surface area contributed by atoms with Crippen LogP contribution in [0.15, 0.2) is 24.5 Å². The number of nitrogens with zero attached hydrogens (tertiary/aromatic N) is 2. The van der Waals surface area contributed by atoms with E-state index in [0.717, 1.165) is 32.5 Å². The van der Waals surface area contributed by atoms with E-state index in [2.05, 4.69) is 10.3 Å². The fraction of sp³-hybridized carbons (Fsp3) is 0.538. The molecule has 1 saturated heterocycles. The lowest BCUT2D eigenvalue weighted by atomic mass is 10.2. The second-order valence-corrected chi connectivity index (χ2v) is 4.33. The van der Waals surface area contributed by atoms with E-state index in [1.165, 1.54) is 5.56 Å². The highest BCUT2D eigenvalue weighted by molar-refractivity contribution is 5.83. The highest BCUT2D eigenvalue weighted by Gasteiger charge is 2.30. The Kier molecular flexibility index (Phi) is 4.09. The Morgan fingerprint density at radius 3 is 2.94 bits per heavy atom. The fourth-order valence-corrected chi connectivity index (χ4v) is 2.21. The Bertz CT molecular complexity index is 366. The van der Waals surface area contributed by atoms with Gasteiger partial charge in [0.2, 0.25) is 5.91 Å². The molecule has 2 rings (SSSR count). The molecular formula is C13H19N3O. The van der Waals surface area contributed by atoms with Crippen LogP contribution in [0.1, 0.15) is 18.9 Å². The summed E-state index contributed by atoms with van der Waals surface area (Å²) in [5, 5.41) is 3.22. The van der Waals surface area contributed by atoms with E-state index in [1.807, 2.05) is 24.0 Å². The van der Waals surface area contributed by atoms with Crippen LogP contribution in [0, 0.1) is 0 Å². The lowest BCUT2D eigenvalue weighted by Gasteiger charge is -2.16. The van der Waals surface area contributed by atoms with Crippen LogP contribution >= 0.6 is 0 Å². The zero-order chi connectivity index (χ0) is 12.1. The summed E-state index contributed by atoms with van der Waals surface area (Å²) in [6.45, 7) is 4.58. The Morgan fingerprint density at radius 2 is 2.24 bits per heavy atom. The number of rotatable bonds is 5. The van der Waals surface area contributed by atoms with Crippen LogP contribution in [0.3, 0.4) is 0 Å². The molecule has 0 spiro atoms. The molecular weight excluding hydrogens is 214 g/mol. The van der Waals surface area contributed by atoms with Crippen molar-refractivity contribution in [3.05, 3.63) is 30.1 Å². The Morgan fingerprint density at radius 1 is 1.47 bits per heavy atom. The van der Waals surface area contributed by atoms with Crippen LogP contribution in [0.4, 0.5) is 0 Å². The number of amides is 1. The first-order valence-electron chi connectivity index (χ1n) is 6.22. The molecule has 1 aliphatic heterocycles. The third-order valence-corrected chi connectivity index (χ3v) is 3.17. The summed E-state index contributed by atoms with van der Waals surface area (Å²) in [7, 11) is 0. The molecule has 4 nitrogen and oxygen atoms in total. The van der Waals surface area contributed by atoms with Gasteiger partial charge < -0.3 is 10.2 Å². The van der Waals surface area contributed by atoms with E-state index in [4.69, 9.17) is 0 Å². The van der Waals surface area contributed by atoms with Crippen molar-refractivity contribution in [2.45, 2.75) is 25.8 Å². The van der Waals surface area contributed by atoms with Gasteiger partial charge in [-0.15, -0.1) is 0 Å². The van der Waals surface area contributed by atoms with Crippen LogP contribution in [-0.4, -0.2) is 41.5 Å². The number of nitrogens with one attached hydrogen (secondary N) is 1. The fourth-order valence-electron chi connectivity index (χ4n) is 2.21. The minimum absolute atomic E-state index is 0.0393. The minimum atomic E-state index is 0.0393. The lowest BCUT2D eigenvalue weighted by Crippen LogP contribution is -2.38. The largest absolute Gasteiger partial charge is 0.341 e. The van der Waals surface area contributed by atoms with Crippen molar-refractivity contribution < 1.29 is 4.79 Å². The molecule has 1 atom stereocenters. The minimum Gasteiger partial charge on any atom is -0.341 e. The molecule has 0 radical (unpaired) electrons. The quantitative estimate of drug-likeness (QED) is 0.819. The predicted octanol–water partition coefficient (Wildman–Crippen LogP) is 0.834. The van der Waals surface area contributed by atoms with Crippen molar-refractivity contribution in [1.82, 2.24) is 15.2 Å². The van der Waals surface area contributed by atoms with Crippen LogP contribution in [0.25, 0.3) is 0 Å². The number of hydrogen-bond donors (Lipinski definition) is 1. The molecule has 1 aliphatic rings. The normalized spacial score (nSPS) is 19.9. The average molecular weight is 233 g/mol. The van der Waals surface area contributed by atoms with Gasteiger partial charge in [0.25, 0.3) is 0 Å². The monoisotopic (exact) mass is 233 g/mol. The number of aromatic nitrogens is 1. The molecule has 17 heavy (non-hydrogen) atoms. The van der Waals surface area contributed by atoms with Crippen LogP contribution in [-0.2, 0) is 11.2 Å². The van der Waals surface area contributed by atoms with Crippen LogP contribution < -0.4 is 5.32 Å². The van der Waals surface area contributed by atoms with Gasteiger partial charge in [-0.1, -0.05) is 6.92 Å². The number of pyridine rings is 1. The van der Waals surface area contributed by atoms with E-state index >= 15 is 0 Å². The highest BCUT2D eigenvalue weighted by Crippen LogP contribution is 2.12.